The molecule has 0 nitrogen and oxygen atoms in total. The maximum atomic E-state index is 2.51. The van der Waals surface area contributed by atoms with Crippen LogP contribution in [0.25, 0.3) is 0 Å². The Balaban J connectivity index is 1.82. The van der Waals surface area contributed by atoms with Crippen molar-refractivity contribution in [2.75, 3.05) is 0 Å². The molecule has 17 heavy (non-hydrogen) atoms. The van der Waals surface area contributed by atoms with Crippen molar-refractivity contribution in [3.05, 3.63) is 11.6 Å². The van der Waals surface area contributed by atoms with Crippen molar-refractivity contribution in [1.82, 2.24) is 0 Å². The first-order chi connectivity index (χ1) is 8.06. The Hall–Kier alpha value is -0.260. The van der Waals surface area contributed by atoms with Crippen LogP contribution in [0.1, 0.15) is 66.2 Å². The van der Waals surface area contributed by atoms with Gasteiger partial charge in [-0.05, 0) is 62.2 Å². The maximum Gasteiger partial charge on any atom is -0.0232 e. The third kappa shape index (κ3) is 3.36. The highest BCUT2D eigenvalue weighted by Crippen LogP contribution is 2.40. The van der Waals surface area contributed by atoms with E-state index in [2.05, 4.69) is 33.8 Å². The van der Waals surface area contributed by atoms with E-state index in [4.69, 9.17) is 0 Å². The number of hydrogen-bond acceptors (Lipinski definition) is 0. The van der Waals surface area contributed by atoms with Gasteiger partial charge in [0.15, 0.2) is 0 Å². The van der Waals surface area contributed by atoms with Crippen LogP contribution in [0, 0.1) is 29.6 Å². The summed E-state index contributed by atoms with van der Waals surface area (Å²) in [6.07, 6.45) is 11.3. The summed E-state index contributed by atoms with van der Waals surface area (Å²) < 4.78 is 0. The Morgan fingerprint density at radius 1 is 1.00 bits per heavy atom. The molecule has 0 aliphatic heterocycles. The predicted molar refractivity (Wildman–Crippen MR) is 75.9 cm³/mol. The largest absolute Gasteiger partial charge is 0.0851 e. The van der Waals surface area contributed by atoms with Crippen molar-refractivity contribution < 1.29 is 0 Å². The highest BCUT2D eigenvalue weighted by atomic mass is 14.3. The molecule has 5 atom stereocenters. The summed E-state index contributed by atoms with van der Waals surface area (Å²) in [6, 6.07) is 0. The SMILES string of the molecule is CC1=CCC(CC2CCC(C)C(C)C2)CC1C. The Morgan fingerprint density at radius 2 is 1.76 bits per heavy atom. The van der Waals surface area contributed by atoms with Crippen LogP contribution in [-0.2, 0) is 0 Å². The van der Waals surface area contributed by atoms with E-state index in [1.165, 1.54) is 38.5 Å². The highest BCUT2D eigenvalue weighted by Gasteiger charge is 2.28. The molecule has 98 valence electrons. The molecule has 0 radical (unpaired) electrons. The molecule has 0 aromatic carbocycles. The third-order valence-electron chi connectivity index (χ3n) is 5.61. The van der Waals surface area contributed by atoms with Crippen molar-refractivity contribution in [2.24, 2.45) is 29.6 Å². The summed E-state index contributed by atoms with van der Waals surface area (Å²) in [7, 11) is 0. The first-order valence-corrected chi connectivity index (χ1v) is 7.73. The van der Waals surface area contributed by atoms with Crippen molar-refractivity contribution in [2.45, 2.75) is 66.2 Å². The minimum Gasteiger partial charge on any atom is -0.0851 e. The second-order valence-electron chi connectivity index (χ2n) is 7.06. The van der Waals surface area contributed by atoms with Gasteiger partial charge in [0.05, 0.1) is 0 Å². The standard InChI is InChI=1S/C17H30/c1-12-5-7-16(9-14(12)3)11-17-8-6-13(2)15(4)10-17/h5,13-17H,6-11H2,1-4H3. The molecule has 1 fully saturated rings. The zero-order valence-corrected chi connectivity index (χ0v) is 12.2. The quantitative estimate of drug-likeness (QED) is 0.558. The minimum atomic E-state index is 0.841. The molecule has 2 aliphatic rings. The van der Waals surface area contributed by atoms with Gasteiger partial charge in [0.2, 0.25) is 0 Å². The molecule has 0 amide bonds. The van der Waals surface area contributed by atoms with Gasteiger partial charge in [-0.1, -0.05) is 45.3 Å². The van der Waals surface area contributed by atoms with Gasteiger partial charge in [-0.25, -0.2) is 0 Å². The molecule has 0 aromatic rings. The molecule has 0 spiro atoms. The monoisotopic (exact) mass is 234 g/mol. The molecule has 0 saturated heterocycles. The lowest BCUT2D eigenvalue weighted by molar-refractivity contribution is 0.174. The molecule has 0 heteroatoms. The van der Waals surface area contributed by atoms with E-state index in [0.29, 0.717) is 0 Å². The maximum absolute atomic E-state index is 2.51. The molecular formula is C17H30. The van der Waals surface area contributed by atoms with Crippen LogP contribution in [0.3, 0.4) is 0 Å². The van der Waals surface area contributed by atoms with Crippen LogP contribution in [0.15, 0.2) is 11.6 Å². The molecule has 2 aliphatic carbocycles. The molecule has 0 heterocycles. The first-order valence-electron chi connectivity index (χ1n) is 7.73. The second-order valence-corrected chi connectivity index (χ2v) is 7.06. The third-order valence-corrected chi connectivity index (χ3v) is 5.61. The fourth-order valence-corrected chi connectivity index (χ4v) is 3.87. The van der Waals surface area contributed by atoms with Crippen molar-refractivity contribution in [3.63, 3.8) is 0 Å². The fraction of sp³-hybridized carbons (Fsp3) is 0.882. The van der Waals surface area contributed by atoms with Gasteiger partial charge in [-0.2, -0.15) is 0 Å². The lowest BCUT2D eigenvalue weighted by Crippen LogP contribution is -2.24. The predicted octanol–water partition coefficient (Wildman–Crippen LogP) is 5.44. The summed E-state index contributed by atoms with van der Waals surface area (Å²) in [5.41, 5.74) is 1.63. The van der Waals surface area contributed by atoms with E-state index in [9.17, 15) is 0 Å². The van der Waals surface area contributed by atoms with Gasteiger partial charge in [0.1, 0.15) is 0 Å². The second kappa shape index (κ2) is 5.59. The minimum absolute atomic E-state index is 0.841. The smallest absolute Gasteiger partial charge is 0.0232 e. The number of hydrogen-bond donors (Lipinski definition) is 0. The normalized spacial score (nSPS) is 43.3. The highest BCUT2D eigenvalue weighted by molar-refractivity contribution is 5.07. The van der Waals surface area contributed by atoms with Gasteiger partial charge < -0.3 is 0 Å². The Bertz CT molecular complexity index is 276. The average Bonchev–Trinajstić information content (AvgIpc) is 2.29. The van der Waals surface area contributed by atoms with E-state index < -0.39 is 0 Å². The van der Waals surface area contributed by atoms with E-state index in [-0.39, 0.29) is 0 Å². The van der Waals surface area contributed by atoms with Crippen molar-refractivity contribution in [1.29, 1.82) is 0 Å². The van der Waals surface area contributed by atoms with Gasteiger partial charge in [0, 0.05) is 0 Å². The summed E-state index contributed by atoms with van der Waals surface area (Å²) in [4.78, 5) is 0. The lowest BCUT2D eigenvalue weighted by atomic mass is 9.70. The van der Waals surface area contributed by atoms with Gasteiger partial charge >= 0.3 is 0 Å². The molecule has 0 aromatic heterocycles. The van der Waals surface area contributed by atoms with Crippen molar-refractivity contribution >= 4 is 0 Å². The molecule has 5 unspecified atom stereocenters. The van der Waals surface area contributed by atoms with Crippen LogP contribution in [-0.4, -0.2) is 0 Å². The van der Waals surface area contributed by atoms with Crippen LogP contribution in [0.5, 0.6) is 0 Å². The lowest BCUT2D eigenvalue weighted by Gasteiger charge is -2.35. The van der Waals surface area contributed by atoms with E-state index in [1.807, 2.05) is 0 Å². The van der Waals surface area contributed by atoms with E-state index in [0.717, 1.165) is 29.6 Å². The zero-order chi connectivity index (χ0) is 12.4. The number of allylic oxidation sites excluding steroid dienone is 2. The molecular weight excluding hydrogens is 204 g/mol. The zero-order valence-electron chi connectivity index (χ0n) is 12.2. The van der Waals surface area contributed by atoms with Crippen LogP contribution < -0.4 is 0 Å². The van der Waals surface area contributed by atoms with Crippen LogP contribution in [0.2, 0.25) is 0 Å². The molecule has 0 bridgehead atoms. The Morgan fingerprint density at radius 3 is 2.41 bits per heavy atom. The summed E-state index contributed by atoms with van der Waals surface area (Å²) in [5, 5.41) is 0. The summed E-state index contributed by atoms with van der Waals surface area (Å²) >= 11 is 0. The summed E-state index contributed by atoms with van der Waals surface area (Å²) in [5.74, 6) is 4.80. The Labute approximate surface area is 108 Å². The van der Waals surface area contributed by atoms with Gasteiger partial charge in [-0.15, -0.1) is 0 Å². The molecule has 2 rings (SSSR count). The fourth-order valence-electron chi connectivity index (χ4n) is 3.87. The molecule has 1 saturated carbocycles. The van der Waals surface area contributed by atoms with Crippen molar-refractivity contribution in [3.8, 4) is 0 Å². The average molecular weight is 234 g/mol. The van der Waals surface area contributed by atoms with E-state index >= 15 is 0 Å². The first kappa shape index (κ1) is 13.2. The van der Waals surface area contributed by atoms with Gasteiger partial charge in [-0.3, -0.25) is 0 Å². The van der Waals surface area contributed by atoms with E-state index in [1.54, 1.807) is 5.57 Å². The Kier molecular flexibility index (Phi) is 4.33. The van der Waals surface area contributed by atoms with Crippen LogP contribution >= 0.6 is 0 Å². The van der Waals surface area contributed by atoms with Crippen LogP contribution in [0.4, 0.5) is 0 Å². The summed E-state index contributed by atoms with van der Waals surface area (Å²) in [6.45, 7) is 9.62. The van der Waals surface area contributed by atoms with Gasteiger partial charge in [0.25, 0.3) is 0 Å². The number of rotatable bonds is 2. The molecule has 0 N–H and O–H groups in total. The topological polar surface area (TPSA) is 0 Å².